The molecule has 0 spiro atoms. The summed E-state index contributed by atoms with van der Waals surface area (Å²) in [4.78, 5) is 6.43. The van der Waals surface area contributed by atoms with Crippen molar-refractivity contribution in [3.05, 3.63) is 11.8 Å². The van der Waals surface area contributed by atoms with Crippen molar-refractivity contribution in [1.29, 1.82) is 0 Å². The van der Waals surface area contributed by atoms with E-state index in [0.29, 0.717) is 0 Å². The van der Waals surface area contributed by atoms with Gasteiger partial charge in [-0.1, -0.05) is 11.8 Å². The zero-order valence-electron chi connectivity index (χ0n) is 6.16. The number of aliphatic hydroxyl groups excluding tert-OH is 1. The number of nitrogens with zero attached hydrogens (tertiary/aromatic N) is 2. The van der Waals surface area contributed by atoms with E-state index in [1.807, 2.05) is 0 Å². The molecule has 0 aromatic carbocycles. The lowest BCUT2D eigenvalue weighted by atomic mass is 10.3. The van der Waals surface area contributed by atoms with E-state index in [-0.39, 0.29) is 6.61 Å². The van der Waals surface area contributed by atoms with Crippen LogP contribution in [-0.4, -0.2) is 40.6 Å². The predicted molar refractivity (Wildman–Crippen MR) is 46.6 cm³/mol. The Morgan fingerprint density at radius 3 is 3.45 bits per heavy atom. The van der Waals surface area contributed by atoms with Crippen LogP contribution >= 0.6 is 11.8 Å². The summed E-state index contributed by atoms with van der Waals surface area (Å²) >= 11 is 1.79. The Hall–Kier alpha value is -0.480. The highest BCUT2D eigenvalue weighted by Gasteiger charge is 2.21. The van der Waals surface area contributed by atoms with Crippen molar-refractivity contribution >= 4 is 16.9 Å². The van der Waals surface area contributed by atoms with Crippen LogP contribution in [0.25, 0.3) is 0 Å². The lowest BCUT2D eigenvalue weighted by Crippen LogP contribution is -2.29. The standard InChI is InChI=1S/C7H10N2OS/c10-5-6-3-8-7-9(4-6)1-2-11-7/h3,10H,1-2,4-5H2. The molecular weight excluding hydrogens is 160 g/mol. The smallest absolute Gasteiger partial charge is 0.164 e. The summed E-state index contributed by atoms with van der Waals surface area (Å²) in [5.41, 5.74) is 1.01. The van der Waals surface area contributed by atoms with Crippen molar-refractivity contribution in [1.82, 2.24) is 4.90 Å². The maximum atomic E-state index is 8.84. The minimum Gasteiger partial charge on any atom is -0.392 e. The van der Waals surface area contributed by atoms with E-state index in [1.54, 1.807) is 18.0 Å². The van der Waals surface area contributed by atoms with Gasteiger partial charge >= 0.3 is 0 Å². The van der Waals surface area contributed by atoms with Crippen molar-refractivity contribution in [2.75, 3.05) is 25.4 Å². The molecule has 0 aliphatic carbocycles. The van der Waals surface area contributed by atoms with Crippen LogP contribution in [0.15, 0.2) is 16.8 Å². The number of amidine groups is 1. The molecule has 1 saturated heterocycles. The maximum absolute atomic E-state index is 8.84. The molecule has 11 heavy (non-hydrogen) atoms. The Bertz CT molecular complexity index is 224. The summed E-state index contributed by atoms with van der Waals surface area (Å²) in [5.74, 6) is 1.13. The van der Waals surface area contributed by atoms with E-state index in [2.05, 4.69) is 9.89 Å². The van der Waals surface area contributed by atoms with Crippen LogP contribution < -0.4 is 0 Å². The van der Waals surface area contributed by atoms with Gasteiger partial charge < -0.3 is 10.0 Å². The van der Waals surface area contributed by atoms with E-state index in [0.717, 1.165) is 29.6 Å². The molecule has 1 N–H and O–H groups in total. The number of fused-ring (bicyclic) bond motifs is 1. The summed E-state index contributed by atoms with van der Waals surface area (Å²) in [6.07, 6.45) is 1.78. The van der Waals surface area contributed by atoms with Crippen LogP contribution in [0.3, 0.4) is 0 Å². The van der Waals surface area contributed by atoms with Gasteiger partial charge in [0.15, 0.2) is 5.17 Å². The van der Waals surface area contributed by atoms with Crippen molar-refractivity contribution in [2.24, 2.45) is 4.99 Å². The molecule has 0 unspecified atom stereocenters. The number of thioether (sulfide) groups is 1. The molecular formula is C7H10N2OS. The summed E-state index contributed by atoms with van der Waals surface area (Å²) in [5, 5.41) is 9.95. The molecule has 0 aromatic heterocycles. The van der Waals surface area contributed by atoms with Crippen molar-refractivity contribution < 1.29 is 5.11 Å². The fourth-order valence-corrected chi connectivity index (χ4v) is 2.18. The van der Waals surface area contributed by atoms with Gasteiger partial charge in [0, 0.05) is 25.0 Å². The second-order valence-electron chi connectivity index (χ2n) is 2.63. The zero-order valence-corrected chi connectivity index (χ0v) is 6.97. The van der Waals surface area contributed by atoms with Gasteiger partial charge in [0.05, 0.1) is 6.61 Å². The van der Waals surface area contributed by atoms with Crippen molar-refractivity contribution in [2.45, 2.75) is 0 Å². The van der Waals surface area contributed by atoms with Crippen LogP contribution in [-0.2, 0) is 0 Å². The maximum Gasteiger partial charge on any atom is 0.164 e. The fourth-order valence-electron chi connectivity index (χ4n) is 1.22. The Balaban J connectivity index is 2.15. The van der Waals surface area contributed by atoms with Crippen LogP contribution in [0.4, 0.5) is 0 Å². The molecule has 60 valence electrons. The molecule has 0 bridgehead atoms. The summed E-state index contributed by atoms with van der Waals surface area (Å²) in [7, 11) is 0. The molecule has 0 radical (unpaired) electrons. The normalized spacial score (nSPS) is 22.8. The molecule has 4 heteroatoms. The van der Waals surface area contributed by atoms with Gasteiger partial charge in [0.25, 0.3) is 0 Å². The van der Waals surface area contributed by atoms with Crippen molar-refractivity contribution in [3.63, 3.8) is 0 Å². The second-order valence-corrected chi connectivity index (χ2v) is 3.69. The summed E-state index contributed by atoms with van der Waals surface area (Å²) in [6, 6.07) is 0. The lowest BCUT2D eigenvalue weighted by Gasteiger charge is -2.21. The first kappa shape index (κ1) is 7.18. The lowest BCUT2D eigenvalue weighted by molar-refractivity contribution is 0.316. The first-order chi connectivity index (χ1) is 5.40. The highest BCUT2D eigenvalue weighted by molar-refractivity contribution is 8.14. The van der Waals surface area contributed by atoms with E-state index in [4.69, 9.17) is 5.11 Å². The molecule has 0 amide bonds. The molecule has 2 heterocycles. The first-order valence-electron chi connectivity index (χ1n) is 3.64. The Labute approximate surface area is 69.8 Å². The highest BCUT2D eigenvalue weighted by Crippen LogP contribution is 2.22. The van der Waals surface area contributed by atoms with E-state index in [1.165, 1.54) is 0 Å². The molecule has 2 aliphatic heterocycles. The topological polar surface area (TPSA) is 35.8 Å². The average Bonchev–Trinajstić information content (AvgIpc) is 2.50. The SMILES string of the molecule is OCC1=CN=C2SCCN2C1. The molecule has 3 nitrogen and oxygen atoms in total. The van der Waals surface area contributed by atoms with Crippen LogP contribution in [0.5, 0.6) is 0 Å². The van der Waals surface area contributed by atoms with Gasteiger partial charge in [-0.25, -0.2) is 4.99 Å². The van der Waals surface area contributed by atoms with Gasteiger partial charge in [-0.2, -0.15) is 0 Å². The van der Waals surface area contributed by atoms with Gasteiger partial charge in [0.2, 0.25) is 0 Å². The number of hydrogen-bond donors (Lipinski definition) is 1. The number of hydrogen-bond acceptors (Lipinski definition) is 4. The van der Waals surface area contributed by atoms with Gasteiger partial charge in [-0.15, -0.1) is 0 Å². The molecule has 2 rings (SSSR count). The fraction of sp³-hybridized carbons (Fsp3) is 0.571. The average molecular weight is 170 g/mol. The van der Waals surface area contributed by atoms with E-state index >= 15 is 0 Å². The Kier molecular flexibility index (Phi) is 1.87. The minimum atomic E-state index is 0.137. The third-order valence-electron chi connectivity index (χ3n) is 1.82. The molecule has 0 saturated carbocycles. The molecule has 2 aliphatic rings. The second kappa shape index (κ2) is 2.87. The molecule has 0 aromatic rings. The molecule has 0 atom stereocenters. The predicted octanol–water partition coefficient (Wildman–Crippen LogP) is 0.281. The highest BCUT2D eigenvalue weighted by atomic mass is 32.2. The monoisotopic (exact) mass is 170 g/mol. The van der Waals surface area contributed by atoms with E-state index < -0.39 is 0 Å². The third kappa shape index (κ3) is 1.28. The number of aliphatic imine (C=N–C) groups is 1. The van der Waals surface area contributed by atoms with Crippen LogP contribution in [0.1, 0.15) is 0 Å². The quantitative estimate of drug-likeness (QED) is 0.614. The van der Waals surface area contributed by atoms with Gasteiger partial charge in [0.1, 0.15) is 0 Å². The van der Waals surface area contributed by atoms with E-state index in [9.17, 15) is 0 Å². The summed E-state index contributed by atoms with van der Waals surface area (Å²) < 4.78 is 0. The summed E-state index contributed by atoms with van der Waals surface area (Å²) in [6.45, 7) is 2.07. The molecule has 1 fully saturated rings. The third-order valence-corrected chi connectivity index (χ3v) is 2.83. The first-order valence-corrected chi connectivity index (χ1v) is 4.63. The Morgan fingerprint density at radius 2 is 2.64 bits per heavy atom. The zero-order chi connectivity index (χ0) is 7.68. The van der Waals surface area contributed by atoms with Crippen molar-refractivity contribution in [3.8, 4) is 0 Å². The van der Waals surface area contributed by atoms with Gasteiger partial charge in [-0.05, 0) is 5.57 Å². The van der Waals surface area contributed by atoms with Crippen LogP contribution in [0.2, 0.25) is 0 Å². The largest absolute Gasteiger partial charge is 0.392 e. The Morgan fingerprint density at radius 1 is 1.73 bits per heavy atom. The minimum absolute atomic E-state index is 0.137. The number of aliphatic hydroxyl groups is 1. The van der Waals surface area contributed by atoms with Crippen LogP contribution in [0, 0.1) is 0 Å². The van der Waals surface area contributed by atoms with Gasteiger partial charge in [-0.3, -0.25) is 0 Å². The number of rotatable bonds is 1.